The number of H-pyrrole nitrogens is 4. The number of hydrogen-bond acceptors (Lipinski definition) is 24. The first kappa shape index (κ1) is 86.2. The summed E-state index contributed by atoms with van der Waals surface area (Å²) in [6.07, 6.45) is 17.0. The van der Waals surface area contributed by atoms with E-state index >= 15 is 0 Å². The summed E-state index contributed by atoms with van der Waals surface area (Å²) in [5, 5.41) is 55.2. The first-order chi connectivity index (χ1) is 63.0. The molecule has 19 rings (SSSR count). The Balaban J connectivity index is 0.000000126. The first-order valence-corrected chi connectivity index (χ1v) is 41.6. The van der Waals surface area contributed by atoms with Gasteiger partial charge in [-0.25, -0.2) is 0 Å². The van der Waals surface area contributed by atoms with Crippen LogP contribution in [0, 0.1) is 5.92 Å². The quantitative estimate of drug-likeness (QED) is 0.0229. The minimum Gasteiger partial charge on any atom is -0.495 e. The van der Waals surface area contributed by atoms with Gasteiger partial charge >= 0.3 is 0 Å². The number of aliphatic hydroxyl groups excluding tert-OH is 1. The number of ether oxygens (including phenoxy) is 12. The van der Waals surface area contributed by atoms with Gasteiger partial charge in [-0.3, -0.25) is 44.4 Å². The van der Waals surface area contributed by atoms with Crippen molar-refractivity contribution in [1.82, 2.24) is 62.1 Å². The van der Waals surface area contributed by atoms with Crippen LogP contribution in [0.2, 0.25) is 0 Å². The van der Waals surface area contributed by atoms with Crippen molar-refractivity contribution in [2.45, 2.75) is 45.4 Å². The molecule has 129 heavy (non-hydrogen) atoms. The van der Waals surface area contributed by atoms with E-state index in [2.05, 4.69) is 62.1 Å². The topological polar surface area (TPSA) is 418 Å². The molecular formula is C96H87N13O19S. The molecule has 0 aliphatic carbocycles. The number of carbonyl (C=O) groups excluding carboxylic acids is 5. The van der Waals surface area contributed by atoms with Crippen LogP contribution in [-0.2, 0) is 24.3 Å². The first-order valence-electron chi connectivity index (χ1n) is 40.7. The molecular weight excluding hydrogens is 1670 g/mol. The lowest BCUT2D eigenvalue weighted by Crippen LogP contribution is -2.45. The van der Waals surface area contributed by atoms with Crippen molar-refractivity contribution in [3.63, 3.8) is 0 Å². The van der Waals surface area contributed by atoms with Crippen molar-refractivity contribution in [1.29, 1.82) is 0 Å². The number of aromatic nitrogens is 8. The number of thiophene rings is 1. The van der Waals surface area contributed by atoms with Gasteiger partial charge in [-0.2, -0.15) is 20.4 Å². The van der Waals surface area contributed by atoms with Gasteiger partial charge in [0.15, 0.2) is 46.0 Å². The molecule has 656 valence electrons. The highest BCUT2D eigenvalue weighted by molar-refractivity contribution is 7.09. The number of furan rings is 1. The highest BCUT2D eigenvalue weighted by Crippen LogP contribution is 2.41. The van der Waals surface area contributed by atoms with Gasteiger partial charge in [-0.1, -0.05) is 98.8 Å². The van der Waals surface area contributed by atoms with Gasteiger partial charge in [0.05, 0.1) is 149 Å². The van der Waals surface area contributed by atoms with Gasteiger partial charge in [-0.05, 0) is 179 Å². The molecule has 2 unspecified atom stereocenters. The molecule has 0 saturated carbocycles. The number of nitrogens with one attached hydrogen (secondary N) is 8. The number of aromatic amines is 4. The van der Waals surface area contributed by atoms with Gasteiger partial charge in [0.1, 0.15) is 34.8 Å². The number of hydrogen-bond donors (Lipinski definition) is 10. The molecule has 0 saturated heterocycles. The molecule has 4 aliphatic rings. The third-order valence-electron chi connectivity index (χ3n) is 21.2. The molecule has 0 spiro atoms. The number of methoxy groups -OCH3 is 4. The number of rotatable bonds is 27. The van der Waals surface area contributed by atoms with Gasteiger partial charge < -0.3 is 93.4 Å². The van der Waals surface area contributed by atoms with Crippen LogP contribution in [0.25, 0.3) is 92.2 Å². The average molecular weight is 1760 g/mol. The molecule has 9 aromatic carbocycles. The molecule has 15 aromatic rings. The van der Waals surface area contributed by atoms with E-state index in [1.54, 1.807) is 79.3 Å². The molecule has 0 bridgehead atoms. The second-order valence-corrected chi connectivity index (χ2v) is 30.7. The van der Waals surface area contributed by atoms with Crippen LogP contribution in [0.1, 0.15) is 117 Å². The summed E-state index contributed by atoms with van der Waals surface area (Å²) in [6, 6.07) is 52.3. The standard InChI is InChI=1S/C27H24N4O5.C23H19N3O5.C23H25N3O5.C23H19N3O4S/c1-34-25-18(27(33)29-21(26(28)32)13-16-5-3-2-4-6-16)9-11-20-24(25)19(30-31-20)10-7-17-8-12-22-23(14-17)36-15-35-22;1-28-22-16(23(27)24-12-15-3-2-10-29-15)6-8-18-21(22)17(25-26-18)7-4-14-5-9-19-20(11-14)31-13-30-19;1-13(2)18(11-27)24-23(28)15-6-8-17-21(22(15)29-3)16(25-26-17)7-4-14-5-9-19-20(10-14)31-12-30-19;1-28-22-16(23(27)24-12-15-3-2-10-31-15)6-8-18-21(22)17(25-26-18)7-4-14-5-9-19-20(11-14)30-13-29-19/h2-12,14,21H,13,15H2,1H3,(H2,28,32)(H,29,33)(H,30,31);2-11H,12-13H2,1H3,(H,24,27)(H,25,26);4-10,13,18,27H,11-12H2,1-3H3,(H,24,28)(H,25,26);2-11H,12-13H2,1H3,(H,24,27)(H,25,26)/b10-7+;3*7-4+. The van der Waals surface area contributed by atoms with E-state index in [9.17, 15) is 29.1 Å². The highest BCUT2D eigenvalue weighted by Gasteiger charge is 2.28. The lowest BCUT2D eigenvalue weighted by atomic mass is 10.0. The number of primary amides is 1. The Morgan fingerprint density at radius 2 is 0.791 bits per heavy atom. The van der Waals surface area contributed by atoms with Gasteiger partial charge in [0.25, 0.3) is 23.6 Å². The Kier molecular flexibility index (Phi) is 26.5. The van der Waals surface area contributed by atoms with E-state index < -0.39 is 17.9 Å². The van der Waals surface area contributed by atoms with Crippen molar-refractivity contribution < 1.29 is 90.3 Å². The van der Waals surface area contributed by atoms with Crippen molar-refractivity contribution in [3.8, 4) is 69.0 Å². The number of carbonyl (C=O) groups is 5. The number of nitrogens with two attached hydrogens (primary N) is 1. The molecule has 32 nitrogen and oxygen atoms in total. The zero-order valence-electron chi connectivity index (χ0n) is 70.5. The van der Waals surface area contributed by atoms with E-state index in [0.717, 1.165) is 83.4 Å². The third kappa shape index (κ3) is 19.6. The lowest BCUT2D eigenvalue weighted by Gasteiger charge is -2.20. The summed E-state index contributed by atoms with van der Waals surface area (Å²) in [4.78, 5) is 64.9. The Bertz CT molecular complexity index is 6550. The Morgan fingerprint density at radius 1 is 0.426 bits per heavy atom. The Morgan fingerprint density at radius 3 is 1.12 bits per heavy atom. The summed E-state index contributed by atoms with van der Waals surface area (Å²) < 4.78 is 70.9. The van der Waals surface area contributed by atoms with Crippen LogP contribution < -0.4 is 83.8 Å². The largest absolute Gasteiger partial charge is 0.495 e. The highest BCUT2D eigenvalue weighted by atomic mass is 32.1. The van der Waals surface area contributed by atoms with Crippen LogP contribution in [0.3, 0.4) is 0 Å². The second kappa shape index (κ2) is 39.7. The maximum Gasteiger partial charge on any atom is 0.255 e. The third-order valence-corrected chi connectivity index (χ3v) is 22.1. The summed E-state index contributed by atoms with van der Waals surface area (Å²) in [7, 11) is 6.11. The average Bonchev–Trinajstić information content (AvgIpc) is 1.67. The van der Waals surface area contributed by atoms with Gasteiger partial charge in [0, 0.05) is 11.3 Å². The maximum atomic E-state index is 13.2. The molecule has 6 aromatic heterocycles. The zero-order chi connectivity index (χ0) is 89.4. The fourth-order valence-electron chi connectivity index (χ4n) is 14.6. The monoisotopic (exact) mass is 1760 g/mol. The minimum absolute atomic E-state index is 0.0952. The van der Waals surface area contributed by atoms with Crippen molar-refractivity contribution >= 4 is 133 Å². The summed E-state index contributed by atoms with van der Waals surface area (Å²) in [5.74, 6) is 6.34. The van der Waals surface area contributed by atoms with E-state index in [0.29, 0.717) is 114 Å². The van der Waals surface area contributed by atoms with Crippen molar-refractivity contribution in [2.24, 2.45) is 11.7 Å². The summed E-state index contributed by atoms with van der Waals surface area (Å²) in [6.45, 7) is 5.41. The fourth-order valence-corrected chi connectivity index (χ4v) is 15.2. The van der Waals surface area contributed by atoms with E-state index in [4.69, 9.17) is 67.0 Å². The van der Waals surface area contributed by atoms with E-state index in [-0.39, 0.29) is 82.0 Å². The van der Waals surface area contributed by atoms with Gasteiger partial charge in [-0.15, -0.1) is 11.3 Å². The number of benzene rings is 9. The van der Waals surface area contributed by atoms with Crippen LogP contribution in [0.15, 0.2) is 192 Å². The van der Waals surface area contributed by atoms with Crippen LogP contribution in [0.4, 0.5) is 0 Å². The molecule has 2 atom stereocenters. The Hall–Kier alpha value is -16.3. The zero-order valence-corrected chi connectivity index (χ0v) is 71.3. The van der Waals surface area contributed by atoms with Gasteiger partial charge in [0.2, 0.25) is 33.1 Å². The van der Waals surface area contributed by atoms with Crippen molar-refractivity contribution in [2.75, 3.05) is 62.2 Å². The smallest absolute Gasteiger partial charge is 0.255 e. The SMILES string of the molecule is COc1c(C(=O)NC(CO)C(C)C)ccc2n[nH]c(/C=C/c3ccc4c(c3)OCO4)c12.COc1c(C(=O)NC(Cc2ccccc2)C(N)=O)ccc2n[nH]c(/C=C/c3ccc4c(c3)OCO4)c12.COc1c(C(=O)NCc2ccco2)ccc2n[nH]c(/C=C/c3ccc4c(c3)OCO4)c12.COc1c(C(=O)NCc2cccs2)ccc2n[nH]c(/C=C/c3ccc4c(c3)OCO4)c12. The van der Waals surface area contributed by atoms with Crippen LogP contribution >= 0.6 is 11.3 Å². The predicted octanol–water partition coefficient (Wildman–Crippen LogP) is 15.0. The van der Waals surface area contributed by atoms with Crippen LogP contribution in [0.5, 0.6) is 69.0 Å². The van der Waals surface area contributed by atoms with Crippen LogP contribution in [-0.4, -0.2) is 150 Å². The minimum atomic E-state index is -0.880. The Labute approximate surface area is 740 Å². The molecule has 0 fully saturated rings. The molecule has 33 heteroatoms. The molecule has 5 amide bonds. The number of nitrogens with zero attached hydrogens (tertiary/aromatic N) is 4. The molecule has 0 radical (unpaired) electrons. The fraction of sp³-hybridized carbons (Fsp3) is 0.177. The molecule has 4 aliphatic heterocycles. The number of aliphatic hydroxyl groups is 1. The lowest BCUT2D eigenvalue weighted by molar-refractivity contribution is -0.119. The van der Waals surface area contributed by atoms with Crippen molar-refractivity contribution in [3.05, 3.63) is 271 Å². The molecule has 10 heterocycles. The normalized spacial score (nSPS) is 13.0. The second-order valence-electron chi connectivity index (χ2n) is 29.6. The number of amides is 5. The van der Waals surface area contributed by atoms with E-state index in [1.807, 2.05) is 189 Å². The summed E-state index contributed by atoms with van der Waals surface area (Å²) >= 11 is 1.60. The van der Waals surface area contributed by atoms with E-state index in [1.165, 1.54) is 21.3 Å². The number of fused-ring (bicyclic) bond motifs is 8. The molecule has 11 N–H and O–H groups in total. The maximum absolute atomic E-state index is 13.2. The predicted molar refractivity (Wildman–Crippen MR) is 486 cm³/mol. The summed E-state index contributed by atoms with van der Waals surface area (Å²) in [5.41, 5.74) is 17.3.